The summed E-state index contributed by atoms with van der Waals surface area (Å²) in [6.45, 7) is 0. The van der Waals surface area contributed by atoms with Crippen molar-refractivity contribution in [1.29, 1.82) is 0 Å². The Morgan fingerprint density at radius 1 is 1.26 bits per heavy atom. The zero-order chi connectivity index (χ0) is 14.0. The van der Waals surface area contributed by atoms with Crippen molar-refractivity contribution in [3.05, 3.63) is 28.5 Å². The molecule has 0 radical (unpaired) electrons. The van der Waals surface area contributed by atoms with E-state index in [1.165, 1.54) is 20.5 Å². The third-order valence-corrected chi connectivity index (χ3v) is 2.84. The first-order chi connectivity index (χ1) is 9.08. The van der Waals surface area contributed by atoms with Crippen molar-refractivity contribution in [1.82, 2.24) is 4.98 Å². The Morgan fingerprint density at radius 3 is 2.47 bits per heavy atom. The number of hydrogen-bond acceptors (Lipinski definition) is 7. The number of methoxy groups -OCH3 is 2. The van der Waals surface area contributed by atoms with Crippen LogP contribution in [0.15, 0.2) is 25.8 Å². The second-order valence-electron chi connectivity index (χ2n) is 3.29. The monoisotopic (exact) mass is 329 g/mol. The number of halogens is 1. The lowest BCUT2D eigenvalue weighted by Crippen LogP contribution is -2.10. The van der Waals surface area contributed by atoms with Gasteiger partial charge in [0, 0.05) is 0 Å². The van der Waals surface area contributed by atoms with E-state index in [4.69, 9.17) is 8.83 Å². The first-order valence-corrected chi connectivity index (χ1v) is 5.78. The molecule has 19 heavy (non-hydrogen) atoms. The van der Waals surface area contributed by atoms with Crippen LogP contribution in [0.25, 0.3) is 11.5 Å². The smallest absolute Gasteiger partial charge is 0.376 e. The number of ether oxygens (including phenoxy) is 2. The number of esters is 2. The van der Waals surface area contributed by atoms with Crippen LogP contribution in [0.3, 0.4) is 0 Å². The van der Waals surface area contributed by atoms with Gasteiger partial charge in [0.2, 0.25) is 17.3 Å². The van der Waals surface area contributed by atoms with Crippen molar-refractivity contribution in [2.75, 3.05) is 14.2 Å². The Labute approximate surface area is 115 Å². The molecule has 0 aliphatic heterocycles. The third-order valence-electron chi connectivity index (χ3n) is 2.23. The number of furan rings is 1. The molecule has 0 aromatic carbocycles. The van der Waals surface area contributed by atoms with E-state index in [2.05, 4.69) is 30.4 Å². The Morgan fingerprint density at radius 2 is 1.95 bits per heavy atom. The van der Waals surface area contributed by atoms with Gasteiger partial charge in [-0.3, -0.25) is 0 Å². The van der Waals surface area contributed by atoms with Crippen molar-refractivity contribution < 1.29 is 27.9 Å². The molecule has 0 aliphatic carbocycles. The maximum atomic E-state index is 11.5. The molecular formula is C11H8BrNO6. The number of carbonyl (C=O) groups is 2. The second kappa shape index (κ2) is 5.27. The molecule has 0 atom stereocenters. The van der Waals surface area contributed by atoms with Gasteiger partial charge in [-0.2, -0.15) is 0 Å². The van der Waals surface area contributed by atoms with Gasteiger partial charge in [-0.25, -0.2) is 14.6 Å². The number of hydrogen-bond donors (Lipinski definition) is 0. The van der Waals surface area contributed by atoms with Gasteiger partial charge < -0.3 is 18.3 Å². The molecule has 2 aromatic rings. The van der Waals surface area contributed by atoms with Crippen molar-refractivity contribution in [3.8, 4) is 11.5 Å². The van der Waals surface area contributed by atoms with Gasteiger partial charge in [-0.05, 0) is 22.0 Å². The Bertz CT molecular complexity index is 595. The van der Waals surface area contributed by atoms with E-state index in [-0.39, 0.29) is 17.3 Å². The Kier molecular flexibility index (Phi) is 3.70. The minimum atomic E-state index is -0.821. The van der Waals surface area contributed by atoms with E-state index in [1.807, 2.05) is 0 Å². The normalized spacial score (nSPS) is 10.3. The minimum Gasteiger partial charge on any atom is -0.464 e. The van der Waals surface area contributed by atoms with Crippen LogP contribution in [0.4, 0.5) is 0 Å². The lowest BCUT2D eigenvalue weighted by Gasteiger charge is -1.96. The summed E-state index contributed by atoms with van der Waals surface area (Å²) >= 11 is 3.15. The number of rotatable bonds is 3. The predicted octanol–water partition coefficient (Wildman–Crippen LogP) is 2.27. The fourth-order valence-corrected chi connectivity index (χ4v) is 1.76. The van der Waals surface area contributed by atoms with Crippen LogP contribution in [0.1, 0.15) is 21.0 Å². The van der Waals surface area contributed by atoms with E-state index in [0.29, 0.717) is 10.2 Å². The van der Waals surface area contributed by atoms with Crippen molar-refractivity contribution in [2.24, 2.45) is 0 Å². The maximum Gasteiger partial charge on any atom is 0.376 e. The highest BCUT2D eigenvalue weighted by molar-refractivity contribution is 9.10. The van der Waals surface area contributed by atoms with E-state index in [1.54, 1.807) is 6.07 Å². The highest BCUT2D eigenvalue weighted by Crippen LogP contribution is 2.30. The molecule has 0 N–H and O–H groups in total. The largest absolute Gasteiger partial charge is 0.464 e. The molecule has 0 bridgehead atoms. The summed E-state index contributed by atoms with van der Waals surface area (Å²) in [7, 11) is 2.34. The maximum absolute atomic E-state index is 11.5. The average molecular weight is 330 g/mol. The second-order valence-corrected chi connectivity index (χ2v) is 4.01. The van der Waals surface area contributed by atoms with Crippen LogP contribution in [-0.2, 0) is 9.47 Å². The summed E-state index contributed by atoms with van der Waals surface area (Å²) in [5.41, 5.74) is 0.206. The van der Waals surface area contributed by atoms with Gasteiger partial charge in [0.25, 0.3) is 0 Å². The van der Waals surface area contributed by atoms with Crippen LogP contribution in [0, 0.1) is 0 Å². The number of carbonyl (C=O) groups excluding carboxylic acids is 2. The standard InChI is InChI=1S/C11H8BrNO6/c1-16-10(14)6-7(11(15)17-2)19-9(13-6)5-3-4-18-8(5)12/h3-4H,1-2H3. The molecule has 0 aliphatic rings. The van der Waals surface area contributed by atoms with Crippen LogP contribution in [0.2, 0.25) is 0 Å². The molecule has 0 saturated heterocycles. The molecule has 2 aromatic heterocycles. The van der Waals surface area contributed by atoms with Crippen molar-refractivity contribution >= 4 is 27.9 Å². The molecule has 100 valence electrons. The summed E-state index contributed by atoms with van der Waals surface area (Å²) in [5.74, 6) is -1.90. The Balaban J connectivity index is 2.55. The van der Waals surface area contributed by atoms with Gasteiger partial charge in [-0.15, -0.1) is 0 Å². The highest BCUT2D eigenvalue weighted by atomic mass is 79.9. The molecule has 2 rings (SSSR count). The van der Waals surface area contributed by atoms with Gasteiger partial charge >= 0.3 is 11.9 Å². The third kappa shape index (κ3) is 2.39. The lowest BCUT2D eigenvalue weighted by molar-refractivity contribution is 0.0527. The van der Waals surface area contributed by atoms with Crippen LogP contribution in [0.5, 0.6) is 0 Å². The summed E-state index contributed by atoms with van der Waals surface area (Å²) in [4.78, 5) is 27.0. The molecule has 0 unspecified atom stereocenters. The number of aromatic nitrogens is 1. The van der Waals surface area contributed by atoms with Crippen LogP contribution >= 0.6 is 15.9 Å². The molecule has 2 heterocycles. The minimum absolute atomic E-state index is 0.0430. The lowest BCUT2D eigenvalue weighted by atomic mass is 10.3. The summed E-state index contributed by atoms with van der Waals surface area (Å²) in [5, 5.41) is 0. The van der Waals surface area contributed by atoms with Gasteiger partial charge in [-0.1, -0.05) is 0 Å². The number of nitrogens with zero attached hydrogens (tertiary/aromatic N) is 1. The zero-order valence-corrected chi connectivity index (χ0v) is 11.5. The number of oxazole rings is 1. The van der Waals surface area contributed by atoms with Gasteiger partial charge in [0.15, 0.2) is 4.67 Å². The highest BCUT2D eigenvalue weighted by Gasteiger charge is 2.28. The average Bonchev–Trinajstić information content (AvgIpc) is 3.02. The van der Waals surface area contributed by atoms with Crippen molar-refractivity contribution in [2.45, 2.75) is 0 Å². The van der Waals surface area contributed by atoms with Crippen LogP contribution < -0.4 is 0 Å². The summed E-state index contributed by atoms with van der Waals surface area (Å²) < 4.78 is 19.7. The van der Waals surface area contributed by atoms with Gasteiger partial charge in [0.1, 0.15) is 0 Å². The van der Waals surface area contributed by atoms with Crippen molar-refractivity contribution in [3.63, 3.8) is 0 Å². The molecule has 8 heteroatoms. The first-order valence-electron chi connectivity index (χ1n) is 4.99. The van der Waals surface area contributed by atoms with Gasteiger partial charge in [0.05, 0.1) is 26.0 Å². The summed E-state index contributed by atoms with van der Waals surface area (Å²) in [6, 6.07) is 1.57. The molecule has 0 saturated carbocycles. The molecule has 7 nitrogen and oxygen atoms in total. The SMILES string of the molecule is COC(=O)c1nc(-c2ccoc2Br)oc1C(=O)OC. The quantitative estimate of drug-likeness (QED) is 0.797. The Hall–Kier alpha value is -2.09. The van der Waals surface area contributed by atoms with Crippen LogP contribution in [-0.4, -0.2) is 31.1 Å². The molecule has 0 amide bonds. The fourth-order valence-electron chi connectivity index (χ4n) is 1.35. The molecular weight excluding hydrogens is 322 g/mol. The topological polar surface area (TPSA) is 91.8 Å². The molecule has 0 spiro atoms. The summed E-state index contributed by atoms with van der Waals surface area (Å²) in [6.07, 6.45) is 1.40. The fraction of sp³-hybridized carbons (Fsp3) is 0.182. The zero-order valence-electron chi connectivity index (χ0n) is 9.93. The molecule has 0 fully saturated rings. The van der Waals surface area contributed by atoms with E-state index in [0.717, 1.165) is 0 Å². The first kappa shape index (κ1) is 13.3. The van der Waals surface area contributed by atoms with E-state index >= 15 is 0 Å². The predicted molar refractivity (Wildman–Crippen MR) is 64.6 cm³/mol. The van der Waals surface area contributed by atoms with E-state index in [9.17, 15) is 9.59 Å². The van der Waals surface area contributed by atoms with E-state index < -0.39 is 11.9 Å².